The van der Waals surface area contributed by atoms with Gasteiger partial charge >= 0.3 is 0 Å². The zero-order valence-electron chi connectivity index (χ0n) is 9.48. The van der Waals surface area contributed by atoms with E-state index in [4.69, 9.17) is 0 Å². The van der Waals surface area contributed by atoms with E-state index in [0.29, 0.717) is 25.9 Å². The molecule has 1 fully saturated rings. The van der Waals surface area contributed by atoms with E-state index in [1.54, 1.807) is 0 Å². The number of hydrogen-bond acceptors (Lipinski definition) is 2. The van der Waals surface area contributed by atoms with Gasteiger partial charge in [0.1, 0.15) is 6.04 Å². The molecule has 0 spiro atoms. The second-order valence-corrected chi connectivity index (χ2v) is 4.62. The molecule has 3 rings (SSSR count). The van der Waals surface area contributed by atoms with Gasteiger partial charge in [-0.05, 0) is 17.5 Å². The number of hydrogen-bond donors (Lipinski definition) is 1. The van der Waals surface area contributed by atoms with Gasteiger partial charge < -0.3 is 10.2 Å². The second kappa shape index (κ2) is 3.87. The molecule has 0 aliphatic carbocycles. The van der Waals surface area contributed by atoms with Crippen molar-refractivity contribution in [3.8, 4) is 0 Å². The molecule has 0 radical (unpaired) electrons. The molecule has 1 aromatic carbocycles. The lowest BCUT2D eigenvalue weighted by Gasteiger charge is -2.19. The molecular formula is C13H14N2O2. The molecule has 2 amide bonds. The van der Waals surface area contributed by atoms with Gasteiger partial charge in [0.2, 0.25) is 11.8 Å². The van der Waals surface area contributed by atoms with Crippen molar-refractivity contribution in [3.05, 3.63) is 35.4 Å². The predicted octanol–water partition coefficient (Wildman–Crippen LogP) is 0.807. The number of nitrogens with one attached hydrogen (secondary N) is 1. The van der Waals surface area contributed by atoms with Crippen molar-refractivity contribution in [2.24, 2.45) is 0 Å². The lowest BCUT2D eigenvalue weighted by Crippen LogP contribution is -2.42. The quantitative estimate of drug-likeness (QED) is 0.776. The molecule has 2 aliphatic heterocycles. The van der Waals surface area contributed by atoms with Gasteiger partial charge in [-0.3, -0.25) is 9.59 Å². The van der Waals surface area contributed by atoms with Crippen molar-refractivity contribution < 1.29 is 9.59 Å². The topological polar surface area (TPSA) is 49.4 Å². The molecular weight excluding hydrogens is 216 g/mol. The van der Waals surface area contributed by atoms with Crippen LogP contribution < -0.4 is 5.32 Å². The number of amides is 2. The van der Waals surface area contributed by atoms with Crippen LogP contribution in [0.25, 0.3) is 0 Å². The van der Waals surface area contributed by atoms with Crippen LogP contribution in [0.5, 0.6) is 0 Å². The summed E-state index contributed by atoms with van der Waals surface area (Å²) in [4.78, 5) is 25.1. The standard InChI is InChI=1S/C13H14N2O2/c16-12-6-5-11(14-12)13(17)15-7-9-3-1-2-4-10(9)8-15/h1-4,11H,5-8H2,(H,14,16). The molecule has 2 heterocycles. The number of fused-ring (bicyclic) bond motifs is 1. The van der Waals surface area contributed by atoms with Gasteiger partial charge in [-0.2, -0.15) is 0 Å². The third kappa shape index (κ3) is 1.79. The Labute approximate surface area is 99.6 Å². The van der Waals surface area contributed by atoms with Gasteiger partial charge in [0, 0.05) is 19.5 Å². The fraction of sp³-hybridized carbons (Fsp3) is 0.385. The first kappa shape index (κ1) is 10.3. The predicted molar refractivity (Wildman–Crippen MR) is 61.9 cm³/mol. The molecule has 1 saturated heterocycles. The Kier molecular flexibility index (Phi) is 2.35. The van der Waals surface area contributed by atoms with Gasteiger partial charge in [0.05, 0.1) is 0 Å². The fourth-order valence-electron chi connectivity index (χ4n) is 2.51. The Balaban J connectivity index is 1.72. The highest BCUT2D eigenvalue weighted by Crippen LogP contribution is 2.24. The Bertz CT molecular complexity index is 459. The summed E-state index contributed by atoms with van der Waals surface area (Å²) in [6.45, 7) is 1.34. The van der Waals surface area contributed by atoms with E-state index in [1.807, 2.05) is 17.0 Å². The van der Waals surface area contributed by atoms with Crippen LogP contribution in [-0.4, -0.2) is 22.8 Å². The van der Waals surface area contributed by atoms with Gasteiger partial charge in [0.25, 0.3) is 0 Å². The first-order valence-electron chi connectivity index (χ1n) is 5.89. The van der Waals surface area contributed by atoms with Crippen LogP contribution in [0.2, 0.25) is 0 Å². The number of rotatable bonds is 1. The monoisotopic (exact) mass is 230 g/mol. The van der Waals surface area contributed by atoms with Crippen LogP contribution in [0.4, 0.5) is 0 Å². The molecule has 0 aromatic heterocycles. The molecule has 4 heteroatoms. The zero-order chi connectivity index (χ0) is 11.8. The minimum Gasteiger partial charge on any atom is -0.344 e. The van der Waals surface area contributed by atoms with Crippen molar-refractivity contribution in [3.63, 3.8) is 0 Å². The van der Waals surface area contributed by atoms with Gasteiger partial charge in [-0.15, -0.1) is 0 Å². The highest BCUT2D eigenvalue weighted by Gasteiger charge is 2.33. The summed E-state index contributed by atoms with van der Waals surface area (Å²) in [5.74, 6) is 0.0344. The number of carbonyl (C=O) groups excluding carboxylic acids is 2. The number of nitrogens with zero attached hydrogens (tertiary/aromatic N) is 1. The van der Waals surface area contributed by atoms with E-state index in [2.05, 4.69) is 17.4 Å². The van der Waals surface area contributed by atoms with Crippen molar-refractivity contribution >= 4 is 11.8 Å². The summed E-state index contributed by atoms with van der Waals surface area (Å²) in [6, 6.07) is 7.77. The maximum absolute atomic E-state index is 12.2. The third-order valence-electron chi connectivity index (χ3n) is 3.45. The largest absolute Gasteiger partial charge is 0.344 e. The summed E-state index contributed by atoms with van der Waals surface area (Å²) in [5, 5.41) is 2.73. The Morgan fingerprint density at radius 2 is 1.88 bits per heavy atom. The minimum atomic E-state index is -0.309. The molecule has 1 unspecified atom stereocenters. The first-order chi connectivity index (χ1) is 8.24. The summed E-state index contributed by atoms with van der Waals surface area (Å²) in [6.07, 6.45) is 1.10. The fourth-order valence-corrected chi connectivity index (χ4v) is 2.51. The average molecular weight is 230 g/mol. The average Bonchev–Trinajstić information content (AvgIpc) is 2.93. The number of benzene rings is 1. The highest BCUT2D eigenvalue weighted by molar-refractivity contribution is 5.91. The van der Waals surface area contributed by atoms with Crippen molar-refractivity contribution in [2.75, 3.05) is 0 Å². The highest BCUT2D eigenvalue weighted by atomic mass is 16.2. The molecule has 0 saturated carbocycles. The zero-order valence-corrected chi connectivity index (χ0v) is 9.48. The Hall–Kier alpha value is -1.84. The number of carbonyl (C=O) groups is 2. The minimum absolute atomic E-state index is 0.0138. The van der Waals surface area contributed by atoms with Crippen LogP contribution in [0.1, 0.15) is 24.0 Å². The molecule has 17 heavy (non-hydrogen) atoms. The van der Waals surface area contributed by atoms with Crippen LogP contribution in [0.3, 0.4) is 0 Å². The summed E-state index contributed by atoms with van der Waals surface area (Å²) >= 11 is 0. The van der Waals surface area contributed by atoms with Crippen LogP contribution in [0.15, 0.2) is 24.3 Å². The van der Waals surface area contributed by atoms with Crippen LogP contribution >= 0.6 is 0 Å². The summed E-state index contributed by atoms with van der Waals surface area (Å²) < 4.78 is 0. The van der Waals surface area contributed by atoms with Gasteiger partial charge in [-0.25, -0.2) is 0 Å². The molecule has 4 nitrogen and oxygen atoms in total. The summed E-state index contributed by atoms with van der Waals surface area (Å²) in [7, 11) is 0. The second-order valence-electron chi connectivity index (χ2n) is 4.62. The van der Waals surface area contributed by atoms with Crippen molar-refractivity contribution in [2.45, 2.75) is 32.0 Å². The molecule has 1 N–H and O–H groups in total. The van der Waals surface area contributed by atoms with E-state index in [1.165, 1.54) is 11.1 Å². The van der Waals surface area contributed by atoms with Gasteiger partial charge in [0.15, 0.2) is 0 Å². The summed E-state index contributed by atoms with van der Waals surface area (Å²) in [5.41, 5.74) is 2.43. The maximum atomic E-state index is 12.2. The smallest absolute Gasteiger partial charge is 0.245 e. The lowest BCUT2D eigenvalue weighted by molar-refractivity contribution is -0.134. The normalized spacial score (nSPS) is 22.5. The maximum Gasteiger partial charge on any atom is 0.245 e. The van der Waals surface area contributed by atoms with E-state index in [9.17, 15) is 9.59 Å². The molecule has 1 aromatic rings. The molecule has 2 aliphatic rings. The van der Waals surface area contributed by atoms with Crippen molar-refractivity contribution in [1.82, 2.24) is 10.2 Å². The SMILES string of the molecule is O=C1CCC(C(=O)N2Cc3ccccc3C2)N1. The molecule has 88 valence electrons. The Morgan fingerprint density at radius 3 is 2.41 bits per heavy atom. The van der Waals surface area contributed by atoms with Crippen LogP contribution in [-0.2, 0) is 22.7 Å². The van der Waals surface area contributed by atoms with Crippen LogP contribution in [0, 0.1) is 0 Å². The van der Waals surface area contributed by atoms with Gasteiger partial charge in [-0.1, -0.05) is 24.3 Å². The van der Waals surface area contributed by atoms with E-state index in [-0.39, 0.29) is 17.9 Å². The van der Waals surface area contributed by atoms with E-state index >= 15 is 0 Å². The molecule has 1 atom stereocenters. The Morgan fingerprint density at radius 1 is 1.24 bits per heavy atom. The van der Waals surface area contributed by atoms with E-state index < -0.39 is 0 Å². The third-order valence-corrected chi connectivity index (χ3v) is 3.45. The lowest BCUT2D eigenvalue weighted by atomic mass is 10.1. The first-order valence-corrected chi connectivity index (χ1v) is 5.89. The van der Waals surface area contributed by atoms with E-state index in [0.717, 1.165) is 0 Å². The van der Waals surface area contributed by atoms with Crippen molar-refractivity contribution in [1.29, 1.82) is 0 Å². The molecule has 0 bridgehead atoms.